The number of halogens is 3. The molecule has 0 radical (unpaired) electrons. The van der Waals surface area contributed by atoms with Gasteiger partial charge < -0.3 is 5.32 Å². The molecule has 0 saturated carbocycles. The molecule has 2 aromatic carbocycles. The van der Waals surface area contributed by atoms with E-state index in [4.69, 9.17) is 6.57 Å². The van der Waals surface area contributed by atoms with Crippen LogP contribution in [-0.2, 0) is 13.2 Å². The van der Waals surface area contributed by atoms with Crippen LogP contribution in [0.1, 0.15) is 29.8 Å². The second-order valence-electron chi connectivity index (χ2n) is 9.66. The lowest BCUT2D eigenvalue weighted by Gasteiger charge is -2.15. The van der Waals surface area contributed by atoms with Crippen LogP contribution in [0.15, 0.2) is 90.1 Å². The van der Waals surface area contributed by atoms with Gasteiger partial charge in [0.2, 0.25) is 0 Å². The fourth-order valence-electron chi connectivity index (χ4n) is 4.71. The molecule has 5 aromatic rings. The molecule has 0 saturated heterocycles. The van der Waals surface area contributed by atoms with Gasteiger partial charge in [-0.2, -0.15) is 18.3 Å². The highest BCUT2D eigenvalue weighted by atomic mass is 19.4. The Morgan fingerprint density at radius 3 is 2.38 bits per heavy atom. The Kier molecular flexibility index (Phi) is 7.26. The zero-order chi connectivity index (χ0) is 30.2. The summed E-state index contributed by atoms with van der Waals surface area (Å²) in [4.78, 5) is 31.1. The van der Waals surface area contributed by atoms with Gasteiger partial charge in [-0.25, -0.2) is 28.3 Å². The van der Waals surface area contributed by atoms with Crippen molar-refractivity contribution in [1.82, 2.24) is 24.2 Å². The SMILES string of the molecule is [C-]#[N+]c1ccc(-n2nccc2-c2c(C)n(-c3cccc(C(F)(F)F)c3)c(=O)n2C(=O)N[C@@H](C)c2cc[n+](C)cc2)cc1. The van der Waals surface area contributed by atoms with E-state index >= 15 is 0 Å². The molecule has 1 atom stereocenters. The number of hydrogen-bond acceptors (Lipinski definition) is 3. The van der Waals surface area contributed by atoms with Crippen molar-refractivity contribution in [3.8, 4) is 22.8 Å². The average Bonchev–Trinajstić information content (AvgIpc) is 3.54. The molecule has 0 unspecified atom stereocenters. The van der Waals surface area contributed by atoms with Crippen LogP contribution in [0.25, 0.3) is 27.6 Å². The van der Waals surface area contributed by atoms with E-state index in [1.165, 1.54) is 23.0 Å². The number of alkyl halides is 3. The van der Waals surface area contributed by atoms with E-state index in [0.29, 0.717) is 17.1 Å². The standard InChI is InChI=1S/C30H24F3N7O2/c1-19(21-13-16-37(4)17-14-21)36-28(41)39-27(26-12-15-35-40(26)24-10-8-23(34-3)9-11-24)20(2)38(29(39)42)25-7-5-6-22(18-25)30(31,32)33/h5-19H,1-2,4H3/p+1/t19-/m0/s1. The molecule has 3 aromatic heterocycles. The van der Waals surface area contributed by atoms with Gasteiger partial charge in [-0.05, 0) is 55.8 Å². The molecular weight excluding hydrogens is 547 g/mol. The molecule has 42 heavy (non-hydrogen) atoms. The van der Waals surface area contributed by atoms with Gasteiger partial charge in [0.05, 0.1) is 47.1 Å². The van der Waals surface area contributed by atoms with Gasteiger partial charge in [-0.1, -0.05) is 18.2 Å². The van der Waals surface area contributed by atoms with Crippen LogP contribution in [0, 0.1) is 13.5 Å². The summed E-state index contributed by atoms with van der Waals surface area (Å²) in [5, 5.41) is 7.20. The fourth-order valence-corrected chi connectivity index (χ4v) is 4.71. The Morgan fingerprint density at radius 1 is 1.05 bits per heavy atom. The Labute approximate surface area is 238 Å². The van der Waals surface area contributed by atoms with Gasteiger partial charge in [0, 0.05) is 12.1 Å². The quantitative estimate of drug-likeness (QED) is 0.223. The summed E-state index contributed by atoms with van der Waals surface area (Å²) >= 11 is 0. The summed E-state index contributed by atoms with van der Waals surface area (Å²) in [5.74, 6) is 0. The van der Waals surface area contributed by atoms with Crippen LogP contribution >= 0.6 is 0 Å². The summed E-state index contributed by atoms with van der Waals surface area (Å²) in [6.07, 6.45) is 0.496. The van der Waals surface area contributed by atoms with Crippen molar-refractivity contribution < 1.29 is 22.5 Å². The first-order valence-corrected chi connectivity index (χ1v) is 12.8. The van der Waals surface area contributed by atoms with Crippen LogP contribution in [0.4, 0.5) is 23.7 Å². The predicted octanol–water partition coefficient (Wildman–Crippen LogP) is 5.51. The minimum absolute atomic E-state index is 0.0452. The fraction of sp³-hybridized carbons (Fsp3) is 0.167. The highest BCUT2D eigenvalue weighted by Crippen LogP contribution is 2.32. The molecule has 0 aliphatic carbocycles. The third-order valence-electron chi connectivity index (χ3n) is 6.87. The van der Waals surface area contributed by atoms with Gasteiger partial charge in [0.15, 0.2) is 18.1 Å². The van der Waals surface area contributed by atoms with E-state index in [0.717, 1.165) is 26.8 Å². The molecule has 9 nitrogen and oxygen atoms in total. The zero-order valence-corrected chi connectivity index (χ0v) is 22.8. The molecule has 3 heterocycles. The number of amides is 1. The Hall–Kier alpha value is -5.44. The zero-order valence-electron chi connectivity index (χ0n) is 22.8. The van der Waals surface area contributed by atoms with Gasteiger partial charge in [0.1, 0.15) is 12.7 Å². The number of aryl methyl sites for hydroxylation is 1. The average molecular weight is 573 g/mol. The minimum atomic E-state index is -4.63. The molecule has 212 valence electrons. The van der Waals surface area contributed by atoms with Crippen LogP contribution in [0.3, 0.4) is 0 Å². The second kappa shape index (κ2) is 10.9. The second-order valence-corrected chi connectivity index (χ2v) is 9.66. The molecule has 1 amide bonds. The van der Waals surface area contributed by atoms with Crippen molar-refractivity contribution >= 4 is 11.7 Å². The molecule has 0 spiro atoms. The summed E-state index contributed by atoms with van der Waals surface area (Å²) in [6, 6.07) is 14.9. The maximum absolute atomic E-state index is 13.9. The number of hydrogen-bond donors (Lipinski definition) is 1. The summed E-state index contributed by atoms with van der Waals surface area (Å²) in [5.41, 5.74) is 0.661. The number of rotatable bonds is 5. The largest absolute Gasteiger partial charge is 0.416 e. The van der Waals surface area contributed by atoms with Crippen molar-refractivity contribution in [2.45, 2.75) is 26.1 Å². The topological polar surface area (TPSA) is 82.1 Å². The molecule has 0 aliphatic rings. The molecule has 12 heteroatoms. The lowest BCUT2D eigenvalue weighted by molar-refractivity contribution is -0.671. The van der Waals surface area contributed by atoms with Crippen molar-refractivity contribution in [2.75, 3.05) is 0 Å². The van der Waals surface area contributed by atoms with Gasteiger partial charge in [0.25, 0.3) is 0 Å². The molecule has 5 rings (SSSR count). The lowest BCUT2D eigenvalue weighted by Crippen LogP contribution is -2.38. The number of pyridine rings is 1. The molecule has 0 aliphatic heterocycles. The number of nitrogens with zero attached hydrogens (tertiary/aromatic N) is 6. The first-order chi connectivity index (χ1) is 20.0. The smallest absolute Gasteiger partial charge is 0.331 e. The number of nitrogens with one attached hydrogen (secondary N) is 1. The van der Waals surface area contributed by atoms with E-state index in [2.05, 4.69) is 15.3 Å². The lowest BCUT2D eigenvalue weighted by atomic mass is 10.1. The molecule has 0 fully saturated rings. The highest BCUT2D eigenvalue weighted by Gasteiger charge is 2.32. The van der Waals surface area contributed by atoms with Crippen molar-refractivity contribution in [3.05, 3.63) is 124 Å². The minimum Gasteiger partial charge on any atom is -0.331 e. The van der Waals surface area contributed by atoms with Crippen LogP contribution in [-0.4, -0.2) is 24.9 Å². The first kappa shape index (κ1) is 28.1. The number of carbonyl (C=O) groups is 1. The monoisotopic (exact) mass is 572 g/mol. The van der Waals surface area contributed by atoms with Gasteiger partial charge in [-0.3, -0.25) is 4.57 Å². The van der Waals surface area contributed by atoms with E-state index in [9.17, 15) is 22.8 Å². The summed E-state index contributed by atoms with van der Waals surface area (Å²) < 4.78 is 46.0. The number of carbonyl (C=O) groups excluding carboxylic acids is 1. The van der Waals surface area contributed by atoms with E-state index in [-0.39, 0.29) is 17.1 Å². The first-order valence-electron chi connectivity index (χ1n) is 12.8. The van der Waals surface area contributed by atoms with E-state index in [1.54, 1.807) is 44.2 Å². The highest BCUT2D eigenvalue weighted by molar-refractivity contribution is 5.83. The Balaban J connectivity index is 1.69. The van der Waals surface area contributed by atoms with Crippen LogP contribution < -0.4 is 15.6 Å². The number of imidazole rings is 1. The number of aromatic nitrogens is 5. The Morgan fingerprint density at radius 2 is 1.74 bits per heavy atom. The summed E-state index contributed by atoms with van der Waals surface area (Å²) in [7, 11) is 1.86. The van der Waals surface area contributed by atoms with Gasteiger partial charge >= 0.3 is 17.9 Å². The van der Waals surface area contributed by atoms with Crippen molar-refractivity contribution in [3.63, 3.8) is 0 Å². The normalized spacial score (nSPS) is 12.1. The molecule has 1 N–H and O–H groups in total. The van der Waals surface area contributed by atoms with E-state index in [1.807, 2.05) is 36.1 Å². The maximum atomic E-state index is 13.9. The van der Waals surface area contributed by atoms with Crippen molar-refractivity contribution in [2.24, 2.45) is 7.05 Å². The third-order valence-corrected chi connectivity index (χ3v) is 6.87. The Bertz CT molecular complexity index is 1880. The molecule has 0 bridgehead atoms. The van der Waals surface area contributed by atoms with Gasteiger partial charge in [-0.15, -0.1) is 0 Å². The maximum Gasteiger partial charge on any atom is 0.416 e. The number of benzene rings is 2. The molecular formula is C30H25F3N7O2+. The predicted molar refractivity (Wildman–Crippen MR) is 149 cm³/mol. The van der Waals surface area contributed by atoms with Crippen LogP contribution in [0.2, 0.25) is 0 Å². The summed E-state index contributed by atoms with van der Waals surface area (Å²) in [6.45, 7) is 10.5. The van der Waals surface area contributed by atoms with E-state index < -0.39 is 29.5 Å². The van der Waals surface area contributed by atoms with Crippen molar-refractivity contribution in [1.29, 1.82) is 0 Å². The van der Waals surface area contributed by atoms with Crippen LogP contribution in [0.5, 0.6) is 0 Å². The third kappa shape index (κ3) is 5.19.